The van der Waals surface area contributed by atoms with Crippen LogP contribution in [-0.4, -0.2) is 34.1 Å². The molecule has 0 bridgehead atoms. The lowest BCUT2D eigenvalue weighted by Crippen LogP contribution is -2.46. The van der Waals surface area contributed by atoms with Crippen molar-refractivity contribution >= 4 is 11.6 Å². The van der Waals surface area contributed by atoms with Crippen molar-refractivity contribution in [2.24, 2.45) is 7.05 Å². The fraction of sp³-hybridized carbons (Fsp3) is 0.400. The van der Waals surface area contributed by atoms with Crippen molar-refractivity contribution in [1.82, 2.24) is 19.8 Å². The van der Waals surface area contributed by atoms with Crippen LogP contribution in [-0.2, 0) is 13.6 Å². The Hall–Kier alpha value is -1.36. The Morgan fingerprint density at radius 2 is 2.15 bits per heavy atom. The van der Waals surface area contributed by atoms with Gasteiger partial charge in [-0.15, -0.1) is 0 Å². The third-order valence-electron chi connectivity index (χ3n) is 3.81. The van der Waals surface area contributed by atoms with Gasteiger partial charge in [0.1, 0.15) is 5.82 Å². The van der Waals surface area contributed by atoms with Gasteiger partial charge in [-0.25, -0.2) is 4.98 Å². The zero-order chi connectivity index (χ0) is 13.9. The highest BCUT2D eigenvalue weighted by Gasteiger charge is 2.26. The highest BCUT2D eigenvalue weighted by molar-refractivity contribution is 6.30. The molecule has 3 rings (SSSR count). The zero-order valence-corrected chi connectivity index (χ0v) is 12.3. The Morgan fingerprint density at radius 3 is 2.85 bits per heavy atom. The number of hydrogen-bond donors (Lipinski definition) is 1. The van der Waals surface area contributed by atoms with E-state index in [9.17, 15) is 0 Å². The van der Waals surface area contributed by atoms with Gasteiger partial charge in [-0.3, -0.25) is 4.90 Å². The van der Waals surface area contributed by atoms with E-state index in [-0.39, 0.29) is 0 Å². The molecule has 2 aromatic rings. The second kappa shape index (κ2) is 5.95. The molecular weight excluding hydrogens is 272 g/mol. The average Bonchev–Trinajstić information content (AvgIpc) is 2.88. The van der Waals surface area contributed by atoms with Crippen LogP contribution in [0.2, 0.25) is 5.02 Å². The van der Waals surface area contributed by atoms with E-state index in [1.807, 2.05) is 24.5 Å². The lowest BCUT2D eigenvalue weighted by molar-refractivity contribution is 0.145. The second-order valence-electron chi connectivity index (χ2n) is 5.21. The van der Waals surface area contributed by atoms with Crippen molar-refractivity contribution in [2.45, 2.75) is 12.6 Å². The lowest BCUT2D eigenvalue weighted by atomic mass is 10.1. The van der Waals surface area contributed by atoms with Crippen LogP contribution in [0.15, 0.2) is 36.7 Å². The quantitative estimate of drug-likeness (QED) is 0.941. The summed E-state index contributed by atoms with van der Waals surface area (Å²) in [6, 6.07) is 8.42. The summed E-state index contributed by atoms with van der Waals surface area (Å²) >= 11 is 5.95. The van der Waals surface area contributed by atoms with E-state index in [4.69, 9.17) is 11.6 Å². The van der Waals surface area contributed by atoms with Crippen LogP contribution >= 0.6 is 11.6 Å². The summed E-state index contributed by atoms with van der Waals surface area (Å²) in [5.41, 5.74) is 1.29. The normalized spacial score (nSPS) is 20.2. The van der Waals surface area contributed by atoms with Gasteiger partial charge in [0.2, 0.25) is 0 Å². The summed E-state index contributed by atoms with van der Waals surface area (Å²) in [4.78, 5) is 6.98. The van der Waals surface area contributed by atoms with E-state index in [0.29, 0.717) is 6.04 Å². The Balaban J connectivity index is 1.79. The summed E-state index contributed by atoms with van der Waals surface area (Å²) in [5, 5.41) is 4.25. The van der Waals surface area contributed by atoms with Crippen LogP contribution in [0.4, 0.5) is 0 Å². The molecule has 1 aromatic heterocycles. The van der Waals surface area contributed by atoms with E-state index < -0.39 is 0 Å². The minimum Gasteiger partial charge on any atom is -0.337 e. The van der Waals surface area contributed by atoms with E-state index in [1.165, 1.54) is 5.56 Å². The summed E-state index contributed by atoms with van der Waals surface area (Å²) in [6.07, 6.45) is 3.87. The zero-order valence-electron chi connectivity index (χ0n) is 11.6. The molecule has 1 aliphatic heterocycles. The molecule has 4 nitrogen and oxygen atoms in total. The molecule has 1 atom stereocenters. The maximum Gasteiger partial charge on any atom is 0.127 e. The summed E-state index contributed by atoms with van der Waals surface area (Å²) < 4.78 is 2.10. The third kappa shape index (κ3) is 2.87. The maximum atomic E-state index is 5.95. The fourth-order valence-corrected chi connectivity index (χ4v) is 2.84. The summed E-state index contributed by atoms with van der Waals surface area (Å²) in [5.74, 6) is 1.12. The molecule has 0 aliphatic carbocycles. The highest BCUT2D eigenvalue weighted by Crippen LogP contribution is 2.23. The molecule has 0 amide bonds. The van der Waals surface area contributed by atoms with Crippen LogP contribution in [0.25, 0.3) is 0 Å². The molecule has 1 aromatic carbocycles. The van der Waals surface area contributed by atoms with Crippen LogP contribution in [0.1, 0.15) is 17.4 Å². The number of rotatable bonds is 3. The van der Waals surface area contributed by atoms with E-state index in [0.717, 1.165) is 37.0 Å². The Morgan fingerprint density at radius 1 is 1.35 bits per heavy atom. The van der Waals surface area contributed by atoms with Gasteiger partial charge in [-0.2, -0.15) is 0 Å². The molecule has 1 unspecified atom stereocenters. The van der Waals surface area contributed by atoms with Gasteiger partial charge in [0, 0.05) is 50.6 Å². The fourth-order valence-electron chi connectivity index (χ4n) is 2.71. The Bertz CT molecular complexity index is 564. The molecule has 0 radical (unpaired) electrons. The average molecular weight is 291 g/mol. The molecule has 1 N–H and O–H groups in total. The van der Waals surface area contributed by atoms with Gasteiger partial charge >= 0.3 is 0 Å². The van der Waals surface area contributed by atoms with Gasteiger partial charge in [0.15, 0.2) is 0 Å². The molecule has 0 spiro atoms. The largest absolute Gasteiger partial charge is 0.337 e. The minimum atomic E-state index is 0.319. The van der Waals surface area contributed by atoms with Crippen LogP contribution in [0.5, 0.6) is 0 Å². The van der Waals surface area contributed by atoms with Gasteiger partial charge in [-0.1, -0.05) is 23.7 Å². The van der Waals surface area contributed by atoms with E-state index >= 15 is 0 Å². The molecule has 0 saturated carbocycles. The number of benzene rings is 1. The molecule has 106 valence electrons. The van der Waals surface area contributed by atoms with Gasteiger partial charge in [0.05, 0.1) is 6.04 Å². The highest BCUT2D eigenvalue weighted by atomic mass is 35.5. The smallest absolute Gasteiger partial charge is 0.127 e. The van der Waals surface area contributed by atoms with Crippen molar-refractivity contribution in [2.75, 3.05) is 19.6 Å². The first-order valence-electron chi connectivity index (χ1n) is 6.90. The number of hydrogen-bond acceptors (Lipinski definition) is 3. The van der Waals surface area contributed by atoms with Crippen molar-refractivity contribution in [3.05, 3.63) is 53.1 Å². The summed E-state index contributed by atoms with van der Waals surface area (Å²) in [6.45, 7) is 3.92. The number of aromatic nitrogens is 2. The second-order valence-corrected chi connectivity index (χ2v) is 5.65. The number of aryl methyl sites for hydroxylation is 1. The Labute approximate surface area is 124 Å². The monoisotopic (exact) mass is 290 g/mol. The van der Waals surface area contributed by atoms with Gasteiger partial charge in [0.25, 0.3) is 0 Å². The third-order valence-corrected chi connectivity index (χ3v) is 4.06. The predicted octanol–water partition coefficient (Wildman–Crippen LogP) is 2.22. The number of nitrogens with zero attached hydrogens (tertiary/aromatic N) is 3. The van der Waals surface area contributed by atoms with Crippen LogP contribution in [0.3, 0.4) is 0 Å². The number of imidazole rings is 1. The first kappa shape index (κ1) is 13.6. The lowest BCUT2D eigenvalue weighted by Gasteiger charge is -2.35. The van der Waals surface area contributed by atoms with E-state index in [1.54, 1.807) is 0 Å². The van der Waals surface area contributed by atoms with E-state index in [2.05, 4.69) is 38.9 Å². The number of nitrogens with one attached hydrogen (secondary N) is 1. The number of piperazine rings is 1. The summed E-state index contributed by atoms with van der Waals surface area (Å²) in [7, 11) is 2.05. The molecule has 2 heterocycles. The van der Waals surface area contributed by atoms with Gasteiger partial charge < -0.3 is 9.88 Å². The first-order valence-corrected chi connectivity index (χ1v) is 7.28. The minimum absolute atomic E-state index is 0.319. The Kier molecular flexibility index (Phi) is 4.05. The molecule has 1 aliphatic rings. The molecular formula is C15H19ClN4. The standard InChI is InChI=1S/C15H19ClN4/c1-19-8-7-18-15(19)14-10-17-6-9-20(14)11-12-2-4-13(16)5-3-12/h2-5,7-8,14,17H,6,9-11H2,1H3. The SMILES string of the molecule is Cn1ccnc1C1CNCCN1Cc1ccc(Cl)cc1. The predicted molar refractivity (Wildman–Crippen MR) is 80.7 cm³/mol. The molecule has 5 heteroatoms. The van der Waals surface area contributed by atoms with Crippen LogP contribution in [0, 0.1) is 0 Å². The maximum absolute atomic E-state index is 5.95. The molecule has 1 saturated heterocycles. The van der Waals surface area contributed by atoms with Crippen molar-refractivity contribution in [1.29, 1.82) is 0 Å². The van der Waals surface area contributed by atoms with Crippen molar-refractivity contribution in [3.63, 3.8) is 0 Å². The first-order chi connectivity index (χ1) is 9.74. The number of halogens is 1. The van der Waals surface area contributed by atoms with Gasteiger partial charge in [-0.05, 0) is 17.7 Å². The van der Waals surface area contributed by atoms with Crippen LogP contribution < -0.4 is 5.32 Å². The van der Waals surface area contributed by atoms with Crippen molar-refractivity contribution in [3.8, 4) is 0 Å². The molecule has 20 heavy (non-hydrogen) atoms. The topological polar surface area (TPSA) is 33.1 Å². The molecule has 1 fully saturated rings. The van der Waals surface area contributed by atoms with Crippen molar-refractivity contribution < 1.29 is 0 Å².